The molecule has 24 heavy (non-hydrogen) atoms. The summed E-state index contributed by atoms with van der Waals surface area (Å²) in [6.45, 7) is 2.25. The molecule has 0 unspecified atom stereocenters. The Labute approximate surface area is 140 Å². The van der Waals surface area contributed by atoms with Gasteiger partial charge in [-0.15, -0.1) is 0 Å². The van der Waals surface area contributed by atoms with E-state index in [1.54, 1.807) is 12.1 Å². The van der Waals surface area contributed by atoms with Gasteiger partial charge in [-0.3, -0.25) is 4.79 Å². The van der Waals surface area contributed by atoms with Crippen molar-refractivity contribution in [2.45, 2.75) is 37.8 Å². The minimum absolute atomic E-state index is 0.000414. The number of rotatable bonds is 5. The predicted molar refractivity (Wildman–Crippen MR) is 86.1 cm³/mol. The van der Waals surface area contributed by atoms with E-state index < -0.39 is 6.10 Å². The molecular weight excluding hydrogens is 311 g/mol. The molecule has 2 fully saturated rings. The first-order valence-electron chi connectivity index (χ1n) is 8.57. The van der Waals surface area contributed by atoms with Crippen LogP contribution in [0.3, 0.4) is 0 Å². The largest absolute Gasteiger partial charge is 0.382 e. The number of nitrogens with zero attached hydrogens (tertiary/aromatic N) is 2. The highest BCUT2D eigenvalue weighted by molar-refractivity contribution is 6.04. The summed E-state index contributed by atoms with van der Waals surface area (Å²) in [7, 11) is 0. The second-order valence-electron chi connectivity index (χ2n) is 6.80. The Balaban J connectivity index is 1.41. The van der Waals surface area contributed by atoms with Gasteiger partial charge in [0.15, 0.2) is 0 Å². The molecule has 4 rings (SSSR count). The molecule has 0 spiro atoms. The second-order valence-corrected chi connectivity index (χ2v) is 6.80. The fraction of sp³-hybridized carbons (Fsp3) is 0.556. The van der Waals surface area contributed by atoms with Crippen LogP contribution >= 0.6 is 0 Å². The fourth-order valence-corrected chi connectivity index (χ4v) is 3.34. The number of carbonyl (C=O) groups is 1. The molecule has 2 aliphatic heterocycles. The van der Waals surface area contributed by atoms with E-state index in [1.165, 1.54) is 12.1 Å². The minimum atomic E-state index is -0.591. The molecule has 128 valence electrons. The van der Waals surface area contributed by atoms with Crippen molar-refractivity contribution in [3.8, 4) is 0 Å². The predicted octanol–water partition coefficient (Wildman–Crippen LogP) is 2.35. The zero-order chi connectivity index (χ0) is 16.5. The summed E-state index contributed by atoms with van der Waals surface area (Å²) in [5.41, 5.74) is 1.31. The zero-order valence-electron chi connectivity index (χ0n) is 13.5. The second kappa shape index (κ2) is 6.51. The van der Waals surface area contributed by atoms with Crippen molar-refractivity contribution in [1.82, 2.24) is 4.90 Å². The third-order valence-corrected chi connectivity index (χ3v) is 4.85. The first kappa shape index (κ1) is 15.6. The topological polar surface area (TPSA) is 51.1 Å². The Kier molecular flexibility index (Phi) is 4.22. The molecule has 0 N–H and O–H groups in total. The van der Waals surface area contributed by atoms with Gasteiger partial charge < -0.3 is 14.5 Å². The van der Waals surface area contributed by atoms with E-state index in [0.29, 0.717) is 29.7 Å². The standard InChI is InChI=1S/C18H21FN2O3/c19-14-3-1-2-13(8-14)16-9-17(24-20-16)18(22)21(15-4-5-15)10-12-6-7-23-11-12/h1-3,8,12,15,17H,4-7,9-11H2/t12-,17-/m1/s1. The molecule has 3 aliphatic rings. The van der Waals surface area contributed by atoms with Crippen LogP contribution in [0.1, 0.15) is 31.2 Å². The van der Waals surface area contributed by atoms with E-state index in [4.69, 9.17) is 9.57 Å². The molecule has 0 radical (unpaired) electrons. The summed E-state index contributed by atoms with van der Waals surface area (Å²) in [6.07, 6.45) is 2.93. The number of carbonyl (C=O) groups excluding carboxylic acids is 1. The molecule has 0 bridgehead atoms. The van der Waals surface area contributed by atoms with Crippen molar-refractivity contribution in [2.24, 2.45) is 11.1 Å². The van der Waals surface area contributed by atoms with Crippen molar-refractivity contribution in [3.63, 3.8) is 0 Å². The Hall–Kier alpha value is -1.95. The lowest BCUT2D eigenvalue weighted by molar-refractivity contribution is -0.143. The summed E-state index contributed by atoms with van der Waals surface area (Å²) in [5.74, 6) is 0.102. The molecule has 5 nitrogen and oxygen atoms in total. The summed E-state index contributed by atoms with van der Waals surface area (Å²) in [6, 6.07) is 6.57. The molecule has 1 saturated carbocycles. The summed E-state index contributed by atoms with van der Waals surface area (Å²) in [4.78, 5) is 20.2. The molecule has 0 aromatic heterocycles. The fourth-order valence-electron chi connectivity index (χ4n) is 3.34. The third-order valence-electron chi connectivity index (χ3n) is 4.85. The number of hydrogen-bond donors (Lipinski definition) is 0. The van der Waals surface area contributed by atoms with Crippen LogP contribution in [0.25, 0.3) is 0 Å². The highest BCUT2D eigenvalue weighted by Crippen LogP contribution is 2.31. The molecule has 1 aliphatic carbocycles. The Morgan fingerprint density at radius 1 is 1.33 bits per heavy atom. The van der Waals surface area contributed by atoms with E-state index >= 15 is 0 Å². The van der Waals surface area contributed by atoms with Crippen LogP contribution in [0.5, 0.6) is 0 Å². The van der Waals surface area contributed by atoms with Gasteiger partial charge in [0.05, 0.1) is 12.3 Å². The number of halogens is 1. The molecule has 1 aromatic rings. The number of amides is 1. The van der Waals surface area contributed by atoms with Gasteiger partial charge in [-0.2, -0.15) is 0 Å². The zero-order valence-corrected chi connectivity index (χ0v) is 13.5. The maximum Gasteiger partial charge on any atom is 0.267 e. The van der Waals surface area contributed by atoms with Crippen LogP contribution in [-0.4, -0.2) is 48.4 Å². The molecule has 1 saturated heterocycles. The summed E-state index contributed by atoms with van der Waals surface area (Å²) in [5, 5.41) is 4.02. The summed E-state index contributed by atoms with van der Waals surface area (Å²) >= 11 is 0. The maximum absolute atomic E-state index is 13.4. The van der Waals surface area contributed by atoms with Crippen LogP contribution in [0.2, 0.25) is 0 Å². The molecule has 2 heterocycles. The average molecular weight is 332 g/mol. The molecule has 2 atom stereocenters. The lowest BCUT2D eigenvalue weighted by Crippen LogP contribution is -2.43. The first-order valence-corrected chi connectivity index (χ1v) is 8.57. The van der Waals surface area contributed by atoms with Crippen molar-refractivity contribution >= 4 is 11.6 Å². The number of benzene rings is 1. The smallest absolute Gasteiger partial charge is 0.267 e. The number of ether oxygens (including phenoxy) is 1. The highest BCUT2D eigenvalue weighted by Gasteiger charge is 2.40. The van der Waals surface area contributed by atoms with Gasteiger partial charge in [-0.25, -0.2) is 4.39 Å². The Morgan fingerprint density at radius 3 is 2.92 bits per heavy atom. The highest BCUT2D eigenvalue weighted by atomic mass is 19.1. The van der Waals surface area contributed by atoms with Crippen molar-refractivity contribution < 1.29 is 18.8 Å². The summed E-state index contributed by atoms with van der Waals surface area (Å²) < 4.78 is 18.8. The third kappa shape index (κ3) is 3.29. The van der Waals surface area contributed by atoms with Gasteiger partial charge in [0.2, 0.25) is 6.10 Å². The maximum atomic E-state index is 13.4. The Bertz CT molecular complexity index is 653. The van der Waals surface area contributed by atoms with E-state index in [9.17, 15) is 9.18 Å². The normalized spacial score (nSPS) is 26.1. The Morgan fingerprint density at radius 2 is 2.21 bits per heavy atom. The van der Waals surface area contributed by atoms with Crippen molar-refractivity contribution in [1.29, 1.82) is 0 Å². The van der Waals surface area contributed by atoms with Gasteiger partial charge in [0, 0.05) is 37.1 Å². The van der Waals surface area contributed by atoms with Crippen LogP contribution in [0.15, 0.2) is 29.4 Å². The average Bonchev–Trinajstić information content (AvgIpc) is 3.10. The van der Waals surface area contributed by atoms with Gasteiger partial charge in [0.25, 0.3) is 5.91 Å². The molecular formula is C18H21FN2O3. The number of oxime groups is 1. The molecule has 6 heteroatoms. The molecule has 1 aromatic carbocycles. The van der Waals surface area contributed by atoms with Gasteiger partial charge in [-0.1, -0.05) is 17.3 Å². The van der Waals surface area contributed by atoms with E-state index in [2.05, 4.69) is 5.16 Å². The quantitative estimate of drug-likeness (QED) is 0.832. The lowest BCUT2D eigenvalue weighted by atomic mass is 10.0. The van der Waals surface area contributed by atoms with E-state index in [1.807, 2.05) is 4.90 Å². The lowest BCUT2D eigenvalue weighted by Gasteiger charge is -2.26. The van der Waals surface area contributed by atoms with Crippen LogP contribution in [-0.2, 0) is 14.4 Å². The van der Waals surface area contributed by atoms with E-state index in [-0.39, 0.29) is 11.7 Å². The minimum Gasteiger partial charge on any atom is -0.382 e. The van der Waals surface area contributed by atoms with Gasteiger partial charge in [-0.05, 0) is 31.4 Å². The van der Waals surface area contributed by atoms with Crippen LogP contribution < -0.4 is 0 Å². The van der Waals surface area contributed by atoms with Crippen LogP contribution in [0, 0.1) is 11.7 Å². The van der Waals surface area contributed by atoms with Crippen molar-refractivity contribution in [2.75, 3.05) is 19.8 Å². The monoisotopic (exact) mass is 332 g/mol. The van der Waals surface area contributed by atoms with E-state index in [0.717, 1.165) is 39.0 Å². The van der Waals surface area contributed by atoms with Gasteiger partial charge in [0.1, 0.15) is 5.82 Å². The first-order chi connectivity index (χ1) is 11.7. The van der Waals surface area contributed by atoms with Gasteiger partial charge >= 0.3 is 0 Å². The SMILES string of the molecule is O=C([C@H]1CC(c2cccc(F)c2)=NO1)N(C[C@H]1CCOC1)C1CC1. The number of hydrogen-bond acceptors (Lipinski definition) is 4. The van der Waals surface area contributed by atoms with Crippen LogP contribution in [0.4, 0.5) is 4.39 Å². The molecule has 1 amide bonds. The van der Waals surface area contributed by atoms with Crippen molar-refractivity contribution in [3.05, 3.63) is 35.6 Å².